The van der Waals surface area contributed by atoms with E-state index in [4.69, 9.17) is 9.84 Å². The van der Waals surface area contributed by atoms with Crippen LogP contribution < -0.4 is 4.90 Å². The fourth-order valence-corrected chi connectivity index (χ4v) is 1.99. The molecule has 1 atom stereocenters. The molecule has 1 aromatic carbocycles. The first-order valence-corrected chi connectivity index (χ1v) is 5.55. The van der Waals surface area contributed by atoms with Crippen LogP contribution in [-0.4, -0.2) is 30.5 Å². The van der Waals surface area contributed by atoms with E-state index in [2.05, 4.69) is 15.9 Å². The highest BCUT2D eigenvalue weighted by Gasteiger charge is 2.35. The van der Waals surface area contributed by atoms with Gasteiger partial charge in [0, 0.05) is 4.47 Å². The van der Waals surface area contributed by atoms with Crippen molar-refractivity contribution in [3.05, 3.63) is 28.2 Å². The van der Waals surface area contributed by atoms with Crippen LogP contribution in [0.2, 0.25) is 0 Å². The van der Waals surface area contributed by atoms with Gasteiger partial charge >= 0.3 is 6.09 Å². The number of hydrogen-bond donors (Lipinski definition) is 1. The molecule has 0 radical (unpaired) electrons. The summed E-state index contributed by atoms with van der Waals surface area (Å²) in [5.41, 5.74) is -0.464. The Kier molecular flexibility index (Phi) is 3.30. The Morgan fingerprint density at radius 3 is 2.53 bits per heavy atom. The lowest BCUT2D eigenvalue weighted by atomic mass is 10.2. The molecule has 2 rings (SSSR count). The number of carbonyl (C=O) groups excluding carboxylic acids is 1. The standard InChI is InChI=1S/C10H8BrF2NO3/c11-5-1-7(12)9(8(13)2-5)14-3-6(4-15)17-10(14)16/h1-2,6,15H,3-4H2/t6-/m1/s1. The monoisotopic (exact) mass is 307 g/mol. The first kappa shape index (κ1) is 12.3. The molecule has 17 heavy (non-hydrogen) atoms. The molecular formula is C10H8BrF2NO3. The van der Waals surface area contributed by atoms with Crippen LogP contribution in [0.4, 0.5) is 19.3 Å². The van der Waals surface area contributed by atoms with Gasteiger partial charge in [0.2, 0.25) is 0 Å². The van der Waals surface area contributed by atoms with E-state index < -0.39 is 29.5 Å². The second-order valence-electron chi connectivity index (χ2n) is 3.52. The molecule has 0 saturated carbocycles. The second-order valence-corrected chi connectivity index (χ2v) is 4.43. The minimum absolute atomic E-state index is 0.0786. The Morgan fingerprint density at radius 2 is 2.06 bits per heavy atom. The lowest BCUT2D eigenvalue weighted by Gasteiger charge is -2.14. The summed E-state index contributed by atoms with van der Waals surface area (Å²) in [4.78, 5) is 12.2. The van der Waals surface area contributed by atoms with Crippen LogP contribution in [0, 0.1) is 11.6 Å². The molecule has 7 heteroatoms. The van der Waals surface area contributed by atoms with E-state index in [-0.39, 0.29) is 17.6 Å². The van der Waals surface area contributed by atoms with Gasteiger partial charge in [0.1, 0.15) is 11.8 Å². The lowest BCUT2D eigenvalue weighted by molar-refractivity contribution is 0.0963. The van der Waals surface area contributed by atoms with Gasteiger partial charge in [-0.2, -0.15) is 0 Å². The first-order chi connectivity index (χ1) is 8.02. The number of ether oxygens (including phenoxy) is 1. The zero-order valence-electron chi connectivity index (χ0n) is 8.49. The van der Waals surface area contributed by atoms with Crippen molar-refractivity contribution in [3.8, 4) is 0 Å². The molecule has 1 saturated heterocycles. The molecule has 0 unspecified atom stereocenters. The fourth-order valence-electron chi connectivity index (χ4n) is 1.59. The number of carbonyl (C=O) groups is 1. The predicted octanol–water partition coefficient (Wildman–Crippen LogP) is 2.04. The van der Waals surface area contributed by atoms with Crippen LogP contribution in [0.3, 0.4) is 0 Å². The SMILES string of the molecule is O=C1O[C@@H](CO)CN1c1c(F)cc(Br)cc1F. The van der Waals surface area contributed by atoms with Crippen molar-refractivity contribution < 1.29 is 23.4 Å². The smallest absolute Gasteiger partial charge is 0.415 e. The summed E-state index contributed by atoms with van der Waals surface area (Å²) < 4.78 is 32.1. The highest BCUT2D eigenvalue weighted by atomic mass is 79.9. The summed E-state index contributed by atoms with van der Waals surface area (Å²) in [5, 5.41) is 8.83. The molecule has 0 aliphatic carbocycles. The van der Waals surface area contributed by atoms with Gasteiger partial charge in [-0.05, 0) is 12.1 Å². The van der Waals surface area contributed by atoms with Crippen LogP contribution in [0.5, 0.6) is 0 Å². The summed E-state index contributed by atoms with van der Waals surface area (Å²) in [6, 6.07) is 2.11. The Balaban J connectivity index is 2.38. The van der Waals surface area contributed by atoms with Crippen molar-refractivity contribution in [1.82, 2.24) is 0 Å². The van der Waals surface area contributed by atoms with Crippen LogP contribution >= 0.6 is 15.9 Å². The van der Waals surface area contributed by atoms with Crippen LogP contribution in [-0.2, 0) is 4.74 Å². The van der Waals surface area contributed by atoms with Gasteiger partial charge in [0.25, 0.3) is 0 Å². The van der Waals surface area contributed by atoms with Gasteiger partial charge in [0.15, 0.2) is 11.6 Å². The molecule has 0 spiro atoms. The number of aliphatic hydroxyl groups is 1. The van der Waals surface area contributed by atoms with Gasteiger partial charge in [-0.25, -0.2) is 13.6 Å². The van der Waals surface area contributed by atoms with Gasteiger partial charge in [-0.15, -0.1) is 0 Å². The molecular weight excluding hydrogens is 300 g/mol. The minimum atomic E-state index is -0.871. The van der Waals surface area contributed by atoms with E-state index in [1.807, 2.05) is 0 Å². The van der Waals surface area contributed by atoms with Crippen molar-refractivity contribution in [2.75, 3.05) is 18.1 Å². The number of aliphatic hydroxyl groups excluding tert-OH is 1. The van der Waals surface area contributed by atoms with E-state index in [0.717, 1.165) is 17.0 Å². The molecule has 1 heterocycles. The summed E-state index contributed by atoms with van der Waals surface area (Å²) in [6.07, 6.45) is -1.63. The zero-order chi connectivity index (χ0) is 12.6. The molecule has 1 N–H and O–H groups in total. The summed E-state index contributed by atoms with van der Waals surface area (Å²) in [7, 11) is 0. The van der Waals surface area contributed by atoms with E-state index in [1.54, 1.807) is 0 Å². The number of anilines is 1. The van der Waals surface area contributed by atoms with Gasteiger partial charge in [-0.1, -0.05) is 15.9 Å². The molecule has 0 aromatic heterocycles. The highest BCUT2D eigenvalue weighted by Crippen LogP contribution is 2.30. The van der Waals surface area contributed by atoms with Crippen molar-refractivity contribution in [2.24, 2.45) is 0 Å². The van der Waals surface area contributed by atoms with Crippen molar-refractivity contribution in [2.45, 2.75) is 6.10 Å². The number of hydrogen-bond acceptors (Lipinski definition) is 3. The van der Waals surface area contributed by atoms with Crippen molar-refractivity contribution in [3.63, 3.8) is 0 Å². The molecule has 1 aromatic rings. The molecule has 0 bridgehead atoms. The Bertz CT molecular complexity index is 446. The molecule has 1 aliphatic heterocycles. The number of halogens is 3. The quantitative estimate of drug-likeness (QED) is 0.909. The summed E-state index contributed by atoms with van der Waals surface area (Å²) in [5.74, 6) is -1.74. The maximum absolute atomic E-state index is 13.6. The van der Waals surface area contributed by atoms with Gasteiger partial charge < -0.3 is 9.84 Å². The average Bonchev–Trinajstić information content (AvgIpc) is 2.59. The Hall–Kier alpha value is -1.21. The fraction of sp³-hybridized carbons (Fsp3) is 0.300. The average molecular weight is 308 g/mol. The third kappa shape index (κ3) is 2.25. The number of benzene rings is 1. The number of amides is 1. The van der Waals surface area contributed by atoms with Gasteiger partial charge in [0.05, 0.1) is 13.2 Å². The number of nitrogens with zero attached hydrogens (tertiary/aromatic N) is 1. The van der Waals surface area contributed by atoms with Gasteiger partial charge in [-0.3, -0.25) is 4.90 Å². The van der Waals surface area contributed by atoms with Crippen molar-refractivity contribution in [1.29, 1.82) is 0 Å². The maximum Gasteiger partial charge on any atom is 0.415 e. The summed E-state index contributed by atoms with van der Waals surface area (Å²) >= 11 is 2.94. The molecule has 1 amide bonds. The number of cyclic esters (lactones) is 1. The maximum atomic E-state index is 13.6. The van der Waals surface area contributed by atoms with E-state index in [1.165, 1.54) is 0 Å². The molecule has 1 fully saturated rings. The van der Waals surface area contributed by atoms with Crippen LogP contribution in [0.1, 0.15) is 0 Å². The van der Waals surface area contributed by atoms with Crippen LogP contribution in [0.15, 0.2) is 16.6 Å². The third-order valence-corrected chi connectivity index (χ3v) is 2.79. The van der Waals surface area contributed by atoms with Crippen LogP contribution in [0.25, 0.3) is 0 Å². The summed E-state index contributed by atoms with van der Waals surface area (Å²) in [6.45, 7) is -0.465. The Morgan fingerprint density at radius 1 is 1.47 bits per heavy atom. The van der Waals surface area contributed by atoms with E-state index in [9.17, 15) is 13.6 Å². The predicted molar refractivity (Wildman–Crippen MR) is 58.8 cm³/mol. The molecule has 4 nitrogen and oxygen atoms in total. The second kappa shape index (κ2) is 4.58. The third-order valence-electron chi connectivity index (χ3n) is 2.33. The normalized spacial score (nSPS) is 19.6. The lowest BCUT2D eigenvalue weighted by Crippen LogP contribution is -2.27. The topological polar surface area (TPSA) is 49.8 Å². The first-order valence-electron chi connectivity index (χ1n) is 4.76. The minimum Gasteiger partial charge on any atom is -0.441 e. The van der Waals surface area contributed by atoms with E-state index >= 15 is 0 Å². The van der Waals surface area contributed by atoms with E-state index in [0.29, 0.717) is 0 Å². The largest absolute Gasteiger partial charge is 0.441 e. The highest BCUT2D eigenvalue weighted by molar-refractivity contribution is 9.10. The zero-order valence-corrected chi connectivity index (χ0v) is 10.1. The molecule has 1 aliphatic rings. The molecule has 92 valence electrons. The Labute approximate surface area is 104 Å². The van der Waals surface area contributed by atoms with Crippen molar-refractivity contribution >= 4 is 27.7 Å². The number of rotatable bonds is 2.